The number of tetrazole rings is 1. The fourth-order valence-electron chi connectivity index (χ4n) is 3.68. The predicted octanol–water partition coefficient (Wildman–Crippen LogP) is 4.24. The zero-order chi connectivity index (χ0) is 26.6. The number of methoxy groups -OCH3 is 1. The molecule has 11 heteroatoms. The van der Waals surface area contributed by atoms with Crippen LogP contribution in [-0.4, -0.2) is 44.7 Å². The molecule has 192 valence electrons. The van der Waals surface area contributed by atoms with Gasteiger partial charge in [-0.15, -0.1) is 21.5 Å². The summed E-state index contributed by atoms with van der Waals surface area (Å²) in [4.78, 5) is 30.7. The van der Waals surface area contributed by atoms with Crippen LogP contribution >= 0.6 is 11.3 Å². The second-order valence-electron chi connectivity index (χ2n) is 9.27. The van der Waals surface area contributed by atoms with E-state index in [9.17, 15) is 14.0 Å². The van der Waals surface area contributed by atoms with Gasteiger partial charge in [0.15, 0.2) is 0 Å². The highest BCUT2D eigenvalue weighted by molar-refractivity contribution is 7.10. The van der Waals surface area contributed by atoms with Gasteiger partial charge in [-0.2, -0.15) is 4.80 Å². The number of aromatic nitrogens is 4. The van der Waals surface area contributed by atoms with Crippen LogP contribution in [-0.2, 0) is 16.1 Å². The lowest BCUT2D eigenvalue weighted by molar-refractivity contribution is -0.128. The van der Waals surface area contributed by atoms with E-state index in [1.165, 1.54) is 47.6 Å². The van der Waals surface area contributed by atoms with Gasteiger partial charge in [0.25, 0.3) is 5.91 Å². The molecule has 37 heavy (non-hydrogen) atoms. The van der Waals surface area contributed by atoms with Crippen LogP contribution in [0.25, 0.3) is 11.4 Å². The van der Waals surface area contributed by atoms with E-state index in [1.807, 2.05) is 38.3 Å². The van der Waals surface area contributed by atoms with Crippen molar-refractivity contribution in [2.24, 2.45) is 0 Å². The Morgan fingerprint density at radius 1 is 1.14 bits per heavy atom. The summed E-state index contributed by atoms with van der Waals surface area (Å²) < 4.78 is 18.7. The SMILES string of the molecule is COc1cccc(N(C(=O)Cn2nnc(-c3ccc(F)cc3)n2)[C@H](C(=O)NC(C)(C)C)c2cccs2)c1. The number of hydrogen-bond acceptors (Lipinski definition) is 7. The molecule has 4 aromatic rings. The van der Waals surface area contributed by atoms with Gasteiger partial charge >= 0.3 is 0 Å². The molecule has 0 aliphatic rings. The Morgan fingerprint density at radius 3 is 2.54 bits per heavy atom. The first kappa shape index (κ1) is 26.0. The molecule has 0 saturated carbocycles. The third-order valence-corrected chi connectivity index (χ3v) is 6.17. The van der Waals surface area contributed by atoms with Gasteiger partial charge in [-0.3, -0.25) is 14.5 Å². The summed E-state index contributed by atoms with van der Waals surface area (Å²) in [7, 11) is 1.53. The van der Waals surface area contributed by atoms with Gasteiger partial charge in [-0.25, -0.2) is 4.39 Å². The predicted molar refractivity (Wildman–Crippen MR) is 139 cm³/mol. The number of halogens is 1. The minimum atomic E-state index is -0.945. The van der Waals surface area contributed by atoms with Crippen LogP contribution < -0.4 is 15.0 Å². The number of carbonyl (C=O) groups excluding carboxylic acids is 2. The molecule has 4 rings (SSSR count). The third-order valence-electron chi connectivity index (χ3n) is 5.25. The van der Waals surface area contributed by atoms with Crippen molar-refractivity contribution < 1.29 is 18.7 Å². The van der Waals surface area contributed by atoms with Crippen LogP contribution in [0, 0.1) is 5.82 Å². The van der Waals surface area contributed by atoms with Crippen molar-refractivity contribution in [2.75, 3.05) is 12.0 Å². The largest absolute Gasteiger partial charge is 0.497 e. The van der Waals surface area contributed by atoms with Crippen LogP contribution in [0.3, 0.4) is 0 Å². The maximum absolute atomic E-state index is 13.8. The highest BCUT2D eigenvalue weighted by Gasteiger charge is 2.35. The molecular formula is C26H27FN6O3S. The monoisotopic (exact) mass is 522 g/mol. The fourth-order valence-corrected chi connectivity index (χ4v) is 4.49. The number of rotatable bonds is 8. The average molecular weight is 523 g/mol. The van der Waals surface area contributed by atoms with E-state index in [0.717, 1.165) is 4.80 Å². The Labute approximate surface area is 217 Å². The fraction of sp³-hybridized carbons (Fsp3) is 0.269. The van der Waals surface area contributed by atoms with E-state index < -0.39 is 17.5 Å². The van der Waals surface area contributed by atoms with Gasteiger partial charge in [-0.05, 0) is 73.8 Å². The Morgan fingerprint density at radius 2 is 1.89 bits per heavy atom. The summed E-state index contributed by atoms with van der Waals surface area (Å²) in [5, 5.41) is 17.1. The smallest absolute Gasteiger partial charge is 0.251 e. The van der Waals surface area contributed by atoms with Crippen LogP contribution in [0.1, 0.15) is 31.7 Å². The molecule has 0 spiro atoms. The van der Waals surface area contributed by atoms with E-state index in [-0.39, 0.29) is 24.1 Å². The number of nitrogens with zero attached hydrogens (tertiary/aromatic N) is 5. The van der Waals surface area contributed by atoms with E-state index in [1.54, 1.807) is 24.3 Å². The van der Waals surface area contributed by atoms with E-state index >= 15 is 0 Å². The van der Waals surface area contributed by atoms with E-state index in [0.29, 0.717) is 21.9 Å². The van der Waals surface area contributed by atoms with Crippen LogP contribution in [0.2, 0.25) is 0 Å². The first-order valence-corrected chi connectivity index (χ1v) is 12.4. The molecule has 0 bridgehead atoms. The standard InChI is InChI=1S/C26H27FN6O3S/c1-26(2,3)28-25(35)23(21-9-6-14-37-21)33(19-7-5-8-20(15-19)36-4)22(34)16-32-30-24(29-31-32)17-10-12-18(27)13-11-17/h5-15,23H,16H2,1-4H3,(H,28,35)/t23-/m0/s1. The van der Waals surface area contributed by atoms with Crippen molar-refractivity contribution in [1.82, 2.24) is 25.5 Å². The maximum atomic E-state index is 13.8. The first-order chi connectivity index (χ1) is 17.6. The number of amides is 2. The highest BCUT2D eigenvalue weighted by Crippen LogP contribution is 2.33. The van der Waals surface area contributed by atoms with Gasteiger partial charge in [0.05, 0.1) is 7.11 Å². The third kappa shape index (κ3) is 6.36. The number of hydrogen-bond donors (Lipinski definition) is 1. The minimum absolute atomic E-state index is 0.251. The van der Waals surface area contributed by atoms with Gasteiger partial charge in [0, 0.05) is 27.7 Å². The van der Waals surface area contributed by atoms with Crippen LogP contribution in [0.15, 0.2) is 66.0 Å². The second kappa shape index (κ2) is 10.9. The molecule has 2 aromatic carbocycles. The molecular weight excluding hydrogens is 495 g/mol. The molecule has 0 aliphatic heterocycles. The maximum Gasteiger partial charge on any atom is 0.251 e. The lowest BCUT2D eigenvalue weighted by Crippen LogP contribution is -2.50. The lowest BCUT2D eigenvalue weighted by Gasteiger charge is -2.33. The normalized spacial score (nSPS) is 12.1. The average Bonchev–Trinajstić information content (AvgIpc) is 3.54. The van der Waals surface area contributed by atoms with Crippen molar-refractivity contribution in [2.45, 2.75) is 38.9 Å². The topological polar surface area (TPSA) is 102 Å². The Balaban J connectivity index is 1.72. The molecule has 0 saturated heterocycles. The molecule has 2 amide bonds. The number of benzene rings is 2. The highest BCUT2D eigenvalue weighted by atomic mass is 32.1. The first-order valence-electron chi connectivity index (χ1n) is 11.5. The minimum Gasteiger partial charge on any atom is -0.497 e. The van der Waals surface area contributed by atoms with Gasteiger partial charge in [-0.1, -0.05) is 12.1 Å². The quantitative estimate of drug-likeness (QED) is 0.371. The summed E-state index contributed by atoms with van der Waals surface area (Å²) in [5.74, 6) is -0.355. The van der Waals surface area contributed by atoms with Gasteiger partial charge in [0.2, 0.25) is 11.7 Å². The Hall–Kier alpha value is -4.12. The number of thiophene rings is 1. The van der Waals surface area contributed by atoms with Crippen molar-refractivity contribution in [3.05, 3.63) is 76.7 Å². The Bertz CT molecular complexity index is 1370. The molecule has 1 atom stereocenters. The number of ether oxygens (including phenoxy) is 1. The molecule has 9 nitrogen and oxygen atoms in total. The van der Waals surface area contributed by atoms with E-state index in [4.69, 9.17) is 4.74 Å². The molecule has 2 heterocycles. The van der Waals surface area contributed by atoms with E-state index in [2.05, 4.69) is 20.7 Å². The summed E-state index contributed by atoms with van der Waals surface area (Å²) >= 11 is 1.38. The van der Waals surface area contributed by atoms with Gasteiger partial charge in [0.1, 0.15) is 24.2 Å². The summed E-state index contributed by atoms with van der Waals surface area (Å²) in [6.07, 6.45) is 0. The number of anilines is 1. The molecule has 0 unspecified atom stereocenters. The zero-order valence-corrected chi connectivity index (χ0v) is 21.7. The van der Waals surface area contributed by atoms with Crippen molar-refractivity contribution in [1.29, 1.82) is 0 Å². The van der Waals surface area contributed by atoms with Gasteiger partial charge < -0.3 is 10.1 Å². The van der Waals surface area contributed by atoms with Crippen molar-refractivity contribution >= 4 is 28.8 Å². The number of carbonyl (C=O) groups is 2. The molecule has 0 radical (unpaired) electrons. The number of nitrogens with one attached hydrogen (secondary N) is 1. The molecule has 0 aliphatic carbocycles. The lowest BCUT2D eigenvalue weighted by atomic mass is 10.1. The summed E-state index contributed by atoms with van der Waals surface area (Å²) in [6, 6.07) is 15.3. The molecule has 0 fully saturated rings. The summed E-state index contributed by atoms with van der Waals surface area (Å²) in [6.45, 7) is 5.36. The Kier molecular flexibility index (Phi) is 7.63. The van der Waals surface area contributed by atoms with Crippen molar-refractivity contribution in [3.8, 4) is 17.1 Å². The molecule has 1 N–H and O–H groups in total. The van der Waals surface area contributed by atoms with Crippen molar-refractivity contribution in [3.63, 3.8) is 0 Å². The van der Waals surface area contributed by atoms with Crippen LogP contribution in [0.4, 0.5) is 10.1 Å². The zero-order valence-electron chi connectivity index (χ0n) is 20.9. The second-order valence-corrected chi connectivity index (χ2v) is 10.3. The van der Waals surface area contributed by atoms with Crippen LogP contribution in [0.5, 0.6) is 5.75 Å². The summed E-state index contributed by atoms with van der Waals surface area (Å²) in [5.41, 5.74) is 0.518. The molecule has 2 aromatic heterocycles.